The molecule has 1 amide bonds. The first-order valence-electron chi connectivity index (χ1n) is 10.1. The van der Waals surface area contributed by atoms with E-state index >= 15 is 0 Å². The van der Waals surface area contributed by atoms with Gasteiger partial charge >= 0.3 is 6.01 Å². The normalized spacial score (nSPS) is 14.6. The van der Waals surface area contributed by atoms with E-state index < -0.39 is 5.91 Å². The molecule has 2 aromatic heterocycles. The van der Waals surface area contributed by atoms with E-state index in [1.807, 2.05) is 18.2 Å². The van der Waals surface area contributed by atoms with Crippen LogP contribution in [0.2, 0.25) is 0 Å². The number of nitrogens with two attached hydrogens (primary N) is 1. The van der Waals surface area contributed by atoms with Gasteiger partial charge in [-0.1, -0.05) is 30.6 Å². The molecule has 1 aromatic carbocycles. The molecule has 1 aliphatic rings. The number of hydrogen-bond acceptors (Lipinski definition) is 8. The molecule has 1 aliphatic carbocycles. The minimum Gasteiger partial charge on any atom is -0.467 e. The van der Waals surface area contributed by atoms with Crippen molar-refractivity contribution in [3.8, 4) is 17.6 Å². The number of carbonyl (C=O) groups is 1. The number of fused-ring (bicyclic) bond motifs is 1. The van der Waals surface area contributed by atoms with Gasteiger partial charge in [0.2, 0.25) is 5.88 Å². The van der Waals surface area contributed by atoms with Crippen LogP contribution in [0, 0.1) is 12.8 Å². The van der Waals surface area contributed by atoms with Gasteiger partial charge in [0, 0.05) is 18.2 Å². The summed E-state index contributed by atoms with van der Waals surface area (Å²) in [4.78, 5) is 24.5. The molecule has 30 heavy (non-hydrogen) atoms. The van der Waals surface area contributed by atoms with Crippen molar-refractivity contribution < 1.29 is 14.3 Å². The van der Waals surface area contributed by atoms with Gasteiger partial charge in [0.05, 0.1) is 17.3 Å². The number of anilines is 1. The first-order valence-corrected chi connectivity index (χ1v) is 10.9. The Labute approximate surface area is 178 Å². The topological polar surface area (TPSA) is 112 Å². The fraction of sp³-hybridized carbons (Fsp3) is 0.429. The number of aromatic nitrogens is 3. The molecule has 1 saturated carbocycles. The molecule has 0 spiro atoms. The standard InChI is InChI=1S/C21H25N5O3S/c1-12-17(18(22)27)25-20(28-2)26-19(12)29-14-8-9-15-16(10-14)30-21(24-15)23-11-13-6-4-3-5-7-13/h8-10,13H,3-7,11H2,1-2H3,(H2,22,27)(H,23,24). The number of hydrogen-bond donors (Lipinski definition) is 2. The second-order valence-corrected chi connectivity index (χ2v) is 8.52. The third-order valence-corrected chi connectivity index (χ3v) is 6.31. The maximum absolute atomic E-state index is 11.7. The summed E-state index contributed by atoms with van der Waals surface area (Å²) in [6.45, 7) is 2.66. The third kappa shape index (κ3) is 4.46. The van der Waals surface area contributed by atoms with Gasteiger partial charge in [-0.25, -0.2) is 4.98 Å². The minimum absolute atomic E-state index is 0.0254. The Bertz CT molecular complexity index is 1060. The molecule has 9 heteroatoms. The number of ether oxygens (including phenoxy) is 2. The Morgan fingerprint density at radius 3 is 2.77 bits per heavy atom. The van der Waals surface area contributed by atoms with Gasteiger partial charge in [0.1, 0.15) is 11.4 Å². The van der Waals surface area contributed by atoms with Crippen LogP contribution in [0.3, 0.4) is 0 Å². The minimum atomic E-state index is -0.662. The predicted molar refractivity (Wildman–Crippen MR) is 117 cm³/mol. The maximum atomic E-state index is 11.7. The molecule has 4 rings (SSSR count). The number of amides is 1. The molecule has 2 heterocycles. The maximum Gasteiger partial charge on any atom is 0.320 e. The van der Waals surface area contributed by atoms with Crippen LogP contribution in [0.5, 0.6) is 17.6 Å². The summed E-state index contributed by atoms with van der Waals surface area (Å²) in [5.74, 6) is 0.892. The number of thiazole rings is 1. The van der Waals surface area contributed by atoms with Crippen molar-refractivity contribution in [3.05, 3.63) is 29.5 Å². The van der Waals surface area contributed by atoms with Crippen molar-refractivity contribution in [1.82, 2.24) is 15.0 Å². The van der Waals surface area contributed by atoms with E-state index in [1.54, 1.807) is 18.3 Å². The molecule has 3 aromatic rings. The molecular formula is C21H25N5O3S. The highest BCUT2D eigenvalue weighted by molar-refractivity contribution is 7.22. The van der Waals surface area contributed by atoms with Crippen LogP contribution in [0.25, 0.3) is 10.2 Å². The highest BCUT2D eigenvalue weighted by Gasteiger charge is 2.18. The molecule has 1 fully saturated rings. The van der Waals surface area contributed by atoms with Gasteiger partial charge in [-0.15, -0.1) is 0 Å². The van der Waals surface area contributed by atoms with Crippen molar-refractivity contribution in [1.29, 1.82) is 0 Å². The summed E-state index contributed by atoms with van der Waals surface area (Å²) in [5, 5.41) is 4.42. The lowest BCUT2D eigenvalue weighted by molar-refractivity contribution is 0.0993. The molecule has 0 radical (unpaired) electrons. The molecule has 0 bridgehead atoms. The lowest BCUT2D eigenvalue weighted by Gasteiger charge is -2.21. The van der Waals surface area contributed by atoms with Crippen LogP contribution in [0.1, 0.15) is 48.2 Å². The fourth-order valence-corrected chi connectivity index (χ4v) is 4.59. The van der Waals surface area contributed by atoms with Crippen LogP contribution in [-0.4, -0.2) is 34.5 Å². The van der Waals surface area contributed by atoms with Gasteiger partial charge < -0.3 is 20.5 Å². The van der Waals surface area contributed by atoms with E-state index in [9.17, 15) is 4.79 Å². The highest BCUT2D eigenvalue weighted by Crippen LogP contribution is 2.33. The Hall–Kier alpha value is -2.94. The average Bonchev–Trinajstić information content (AvgIpc) is 3.16. The van der Waals surface area contributed by atoms with Crippen molar-refractivity contribution >= 4 is 32.6 Å². The van der Waals surface area contributed by atoms with Gasteiger partial charge in [-0.3, -0.25) is 4.79 Å². The van der Waals surface area contributed by atoms with Crippen molar-refractivity contribution in [3.63, 3.8) is 0 Å². The van der Waals surface area contributed by atoms with Gasteiger partial charge in [-0.05, 0) is 37.8 Å². The summed E-state index contributed by atoms with van der Waals surface area (Å²) >= 11 is 1.60. The summed E-state index contributed by atoms with van der Waals surface area (Å²) in [7, 11) is 1.42. The number of nitrogens with zero attached hydrogens (tertiary/aromatic N) is 3. The zero-order chi connectivity index (χ0) is 21.1. The smallest absolute Gasteiger partial charge is 0.320 e. The largest absolute Gasteiger partial charge is 0.467 e. The summed E-state index contributed by atoms with van der Waals surface area (Å²) in [6.07, 6.45) is 6.62. The van der Waals surface area contributed by atoms with Gasteiger partial charge in [-0.2, -0.15) is 9.97 Å². The first kappa shape index (κ1) is 20.3. The van der Waals surface area contributed by atoms with Crippen LogP contribution < -0.4 is 20.5 Å². The zero-order valence-corrected chi connectivity index (χ0v) is 17.9. The Kier molecular flexibility index (Phi) is 5.98. The fourth-order valence-electron chi connectivity index (χ4n) is 3.69. The third-order valence-electron chi connectivity index (χ3n) is 5.34. The van der Waals surface area contributed by atoms with Gasteiger partial charge in [0.15, 0.2) is 5.13 Å². The molecule has 0 saturated heterocycles. The average molecular weight is 428 g/mol. The molecule has 0 aliphatic heterocycles. The zero-order valence-electron chi connectivity index (χ0n) is 17.1. The number of rotatable bonds is 7. The van der Waals surface area contributed by atoms with Crippen LogP contribution in [-0.2, 0) is 0 Å². The second kappa shape index (κ2) is 8.83. The molecule has 3 N–H and O–H groups in total. The quantitative estimate of drug-likeness (QED) is 0.578. The monoisotopic (exact) mass is 427 g/mol. The Morgan fingerprint density at radius 2 is 2.03 bits per heavy atom. The Balaban J connectivity index is 1.52. The van der Waals surface area contributed by atoms with Crippen molar-refractivity contribution in [2.75, 3.05) is 19.0 Å². The van der Waals surface area contributed by atoms with E-state index in [-0.39, 0.29) is 17.6 Å². The summed E-state index contributed by atoms with van der Waals surface area (Å²) < 4.78 is 12.0. The molecular weight excluding hydrogens is 402 g/mol. The van der Waals surface area contributed by atoms with E-state index in [4.69, 9.17) is 15.2 Å². The lowest BCUT2D eigenvalue weighted by atomic mass is 9.89. The Morgan fingerprint density at radius 1 is 1.23 bits per heavy atom. The number of carbonyl (C=O) groups excluding carboxylic acids is 1. The molecule has 0 atom stereocenters. The molecule has 158 valence electrons. The van der Waals surface area contributed by atoms with Crippen LogP contribution >= 0.6 is 11.3 Å². The number of primary amides is 1. The van der Waals surface area contributed by atoms with Crippen LogP contribution in [0.4, 0.5) is 5.13 Å². The predicted octanol–water partition coefficient (Wildman–Crippen LogP) is 4.29. The van der Waals surface area contributed by atoms with E-state index in [0.29, 0.717) is 11.3 Å². The van der Waals surface area contributed by atoms with Gasteiger partial charge in [0.25, 0.3) is 5.91 Å². The highest BCUT2D eigenvalue weighted by atomic mass is 32.1. The van der Waals surface area contributed by atoms with Crippen molar-refractivity contribution in [2.45, 2.75) is 39.0 Å². The number of benzene rings is 1. The molecule has 0 unspecified atom stereocenters. The van der Waals surface area contributed by atoms with E-state index in [1.165, 1.54) is 39.2 Å². The van der Waals surface area contributed by atoms with Crippen LogP contribution in [0.15, 0.2) is 18.2 Å². The SMILES string of the molecule is COc1nc(Oc2ccc3nc(NCC4CCCCC4)sc3c2)c(C)c(C(N)=O)n1. The molecule has 8 nitrogen and oxygen atoms in total. The van der Waals surface area contributed by atoms with E-state index in [0.717, 1.165) is 27.8 Å². The van der Waals surface area contributed by atoms with E-state index in [2.05, 4.69) is 20.3 Å². The summed E-state index contributed by atoms with van der Waals surface area (Å²) in [5.41, 5.74) is 6.85. The number of nitrogens with one attached hydrogen (secondary N) is 1. The lowest BCUT2D eigenvalue weighted by Crippen LogP contribution is -2.16. The van der Waals surface area contributed by atoms with Crippen molar-refractivity contribution in [2.24, 2.45) is 11.7 Å². The second-order valence-electron chi connectivity index (χ2n) is 7.49. The first-order chi connectivity index (χ1) is 14.5. The number of methoxy groups -OCH3 is 1. The summed E-state index contributed by atoms with van der Waals surface area (Å²) in [6, 6.07) is 5.68.